The Morgan fingerprint density at radius 3 is 2.78 bits per heavy atom. The fourth-order valence-electron chi connectivity index (χ4n) is 2.30. The number of hydrogen-bond donors (Lipinski definition) is 2. The summed E-state index contributed by atoms with van der Waals surface area (Å²) in [6.45, 7) is 0.358. The van der Waals surface area contributed by atoms with Crippen LogP contribution < -0.4 is 25.1 Å². The van der Waals surface area contributed by atoms with Crippen molar-refractivity contribution in [2.75, 3.05) is 19.8 Å². The van der Waals surface area contributed by atoms with Gasteiger partial charge in [-0.25, -0.2) is 0 Å². The van der Waals surface area contributed by atoms with Crippen molar-refractivity contribution in [1.82, 2.24) is 10.9 Å². The Labute approximate surface area is 159 Å². The van der Waals surface area contributed by atoms with Crippen LogP contribution in [0.1, 0.15) is 15.9 Å². The fraction of sp³-hybridized carbons (Fsp3) is 0.167. The zero-order valence-electron chi connectivity index (χ0n) is 14.0. The lowest BCUT2D eigenvalue weighted by Crippen LogP contribution is -2.43. The average molecular weight is 388 g/mol. The van der Waals surface area contributed by atoms with Crippen LogP contribution in [0.4, 0.5) is 0 Å². The number of ether oxygens (including phenoxy) is 3. The number of rotatable bonds is 4. The number of hydrazine groups is 1. The molecule has 2 aromatic carbocycles. The van der Waals surface area contributed by atoms with Gasteiger partial charge >= 0.3 is 0 Å². The summed E-state index contributed by atoms with van der Waals surface area (Å²) in [5.74, 6) is -0.158. The third-order valence-electron chi connectivity index (χ3n) is 3.54. The second-order valence-electron chi connectivity index (χ2n) is 5.38. The van der Waals surface area contributed by atoms with Crippen LogP contribution in [0, 0.1) is 11.3 Å². The Bertz CT molecular complexity index is 926. The van der Waals surface area contributed by atoms with Crippen molar-refractivity contribution in [3.63, 3.8) is 0 Å². The van der Waals surface area contributed by atoms with Gasteiger partial charge in [0.25, 0.3) is 11.8 Å². The smallest absolute Gasteiger partial charge is 0.276 e. The molecule has 0 fully saturated rings. The number of nitriles is 1. The van der Waals surface area contributed by atoms with Gasteiger partial charge in [0.1, 0.15) is 25.0 Å². The number of para-hydroxylation sites is 1. The molecule has 0 saturated heterocycles. The van der Waals surface area contributed by atoms with Gasteiger partial charge in [0.05, 0.1) is 10.6 Å². The van der Waals surface area contributed by atoms with Crippen LogP contribution in [0.15, 0.2) is 36.4 Å². The van der Waals surface area contributed by atoms with E-state index in [1.807, 2.05) is 6.07 Å². The van der Waals surface area contributed by atoms with Gasteiger partial charge in [-0.2, -0.15) is 5.26 Å². The molecule has 0 bridgehead atoms. The number of nitrogens with one attached hydrogen (secondary N) is 2. The molecule has 0 radical (unpaired) electrons. The highest BCUT2D eigenvalue weighted by Gasteiger charge is 2.19. The molecule has 1 aliphatic rings. The minimum Gasteiger partial charge on any atom is -0.486 e. The van der Waals surface area contributed by atoms with E-state index in [4.69, 9.17) is 31.1 Å². The van der Waals surface area contributed by atoms with Crippen molar-refractivity contribution in [3.05, 3.63) is 52.5 Å². The second kappa shape index (κ2) is 8.29. The number of carbonyl (C=O) groups is 2. The van der Waals surface area contributed by atoms with Gasteiger partial charge in [0.2, 0.25) is 0 Å². The minimum atomic E-state index is -0.597. The van der Waals surface area contributed by atoms with E-state index in [0.717, 1.165) is 0 Å². The number of hydrogen-bond acceptors (Lipinski definition) is 6. The molecule has 3 rings (SSSR count). The number of carbonyl (C=O) groups excluding carboxylic acids is 2. The van der Waals surface area contributed by atoms with Crippen LogP contribution in [-0.2, 0) is 4.79 Å². The van der Waals surface area contributed by atoms with Crippen molar-refractivity contribution < 1.29 is 23.8 Å². The van der Waals surface area contributed by atoms with Crippen molar-refractivity contribution in [2.24, 2.45) is 0 Å². The van der Waals surface area contributed by atoms with Gasteiger partial charge < -0.3 is 14.2 Å². The summed E-state index contributed by atoms with van der Waals surface area (Å²) < 4.78 is 16.1. The summed E-state index contributed by atoms with van der Waals surface area (Å²) in [6.07, 6.45) is 0. The third-order valence-corrected chi connectivity index (χ3v) is 3.82. The SMILES string of the molecule is N#Cc1ccccc1OCC(=O)NNC(=O)c1cc(Cl)c2c(c1)OCCO2. The Hall–Kier alpha value is -3.44. The number of halogens is 1. The van der Waals surface area contributed by atoms with Gasteiger partial charge in [-0.1, -0.05) is 23.7 Å². The summed E-state index contributed by atoms with van der Waals surface area (Å²) in [7, 11) is 0. The van der Waals surface area contributed by atoms with Crippen LogP contribution in [0.5, 0.6) is 17.2 Å². The van der Waals surface area contributed by atoms with Crippen molar-refractivity contribution >= 4 is 23.4 Å². The quantitative estimate of drug-likeness (QED) is 0.774. The molecule has 0 spiro atoms. The molecule has 1 heterocycles. The molecular formula is C18H14ClN3O5. The molecule has 8 nitrogen and oxygen atoms in total. The molecule has 0 saturated carbocycles. The predicted molar refractivity (Wildman–Crippen MR) is 94.7 cm³/mol. The Balaban J connectivity index is 1.55. The first-order valence-corrected chi connectivity index (χ1v) is 8.26. The van der Waals surface area contributed by atoms with Crippen LogP contribution in [-0.4, -0.2) is 31.6 Å². The van der Waals surface area contributed by atoms with E-state index >= 15 is 0 Å². The molecule has 0 aromatic heterocycles. The Kier molecular flexibility index (Phi) is 5.64. The van der Waals surface area contributed by atoms with Crippen molar-refractivity contribution in [3.8, 4) is 23.3 Å². The van der Waals surface area contributed by atoms with E-state index in [2.05, 4.69) is 10.9 Å². The van der Waals surface area contributed by atoms with Gasteiger partial charge in [-0.15, -0.1) is 0 Å². The third kappa shape index (κ3) is 4.40. The molecular weight excluding hydrogens is 374 g/mol. The van der Waals surface area contributed by atoms with Gasteiger partial charge in [0, 0.05) is 5.56 Å². The van der Waals surface area contributed by atoms with Gasteiger partial charge in [-0.05, 0) is 24.3 Å². The predicted octanol–water partition coefficient (Wildman–Crippen LogP) is 1.82. The lowest BCUT2D eigenvalue weighted by atomic mass is 10.2. The van der Waals surface area contributed by atoms with Crippen LogP contribution in [0.2, 0.25) is 5.02 Å². The van der Waals surface area contributed by atoms with Crippen molar-refractivity contribution in [1.29, 1.82) is 5.26 Å². The summed E-state index contributed by atoms with van der Waals surface area (Å²) >= 11 is 6.08. The lowest BCUT2D eigenvalue weighted by Gasteiger charge is -2.20. The largest absolute Gasteiger partial charge is 0.486 e. The van der Waals surface area contributed by atoms with Crippen molar-refractivity contribution in [2.45, 2.75) is 0 Å². The van der Waals surface area contributed by atoms with E-state index in [-0.39, 0.29) is 22.9 Å². The highest BCUT2D eigenvalue weighted by atomic mass is 35.5. The van der Waals surface area contributed by atoms with Crippen LogP contribution in [0.3, 0.4) is 0 Å². The number of nitrogens with zero attached hydrogens (tertiary/aromatic N) is 1. The van der Waals surface area contributed by atoms with E-state index < -0.39 is 11.8 Å². The minimum absolute atomic E-state index is 0.195. The highest BCUT2D eigenvalue weighted by molar-refractivity contribution is 6.32. The summed E-state index contributed by atoms with van der Waals surface area (Å²) in [4.78, 5) is 24.0. The summed E-state index contributed by atoms with van der Waals surface area (Å²) in [6, 6.07) is 11.4. The van der Waals surface area contributed by atoms with Crippen LogP contribution >= 0.6 is 11.6 Å². The zero-order chi connectivity index (χ0) is 19.2. The maximum atomic E-state index is 12.2. The van der Waals surface area contributed by atoms with Gasteiger partial charge in [0.15, 0.2) is 18.1 Å². The molecule has 2 aromatic rings. The first kappa shape index (κ1) is 18.4. The summed E-state index contributed by atoms with van der Waals surface area (Å²) in [5.41, 5.74) is 4.99. The topological polar surface area (TPSA) is 110 Å². The molecule has 0 unspecified atom stereocenters. The van der Waals surface area contributed by atoms with Gasteiger partial charge in [-0.3, -0.25) is 20.4 Å². The first-order chi connectivity index (χ1) is 13.1. The monoisotopic (exact) mass is 387 g/mol. The standard InChI is InChI=1S/C18H14ClN3O5/c19-13-7-12(8-15-17(13)26-6-5-25-15)18(24)22-21-16(23)10-27-14-4-2-1-3-11(14)9-20/h1-4,7-8H,5-6,10H2,(H,21,23)(H,22,24). The number of fused-ring (bicyclic) bond motifs is 1. The molecule has 0 atom stereocenters. The molecule has 138 valence electrons. The Morgan fingerprint density at radius 1 is 1.19 bits per heavy atom. The molecule has 1 aliphatic heterocycles. The van der Waals surface area contributed by atoms with E-state index in [0.29, 0.717) is 30.3 Å². The normalized spacial score (nSPS) is 11.9. The molecule has 9 heteroatoms. The number of benzene rings is 2. The number of amides is 2. The molecule has 2 N–H and O–H groups in total. The second-order valence-corrected chi connectivity index (χ2v) is 5.79. The summed E-state index contributed by atoms with van der Waals surface area (Å²) in [5, 5.41) is 9.21. The molecule has 27 heavy (non-hydrogen) atoms. The molecule has 0 aliphatic carbocycles. The van der Waals surface area contributed by atoms with E-state index in [1.165, 1.54) is 12.1 Å². The lowest BCUT2D eigenvalue weighted by molar-refractivity contribution is -0.123. The Morgan fingerprint density at radius 2 is 1.96 bits per heavy atom. The molecule has 2 amide bonds. The maximum absolute atomic E-state index is 12.2. The first-order valence-electron chi connectivity index (χ1n) is 7.88. The average Bonchev–Trinajstić information content (AvgIpc) is 2.70. The van der Waals surface area contributed by atoms with Crippen LogP contribution in [0.25, 0.3) is 0 Å². The van der Waals surface area contributed by atoms with E-state index in [1.54, 1.807) is 24.3 Å². The highest BCUT2D eigenvalue weighted by Crippen LogP contribution is 2.38. The van der Waals surface area contributed by atoms with E-state index in [9.17, 15) is 9.59 Å². The zero-order valence-corrected chi connectivity index (χ0v) is 14.7. The fourth-order valence-corrected chi connectivity index (χ4v) is 2.57. The maximum Gasteiger partial charge on any atom is 0.276 e.